The molecular formula is C5H12N2S. The Bertz CT molecular complexity index is 76.8. The highest BCUT2D eigenvalue weighted by Gasteiger charge is 2.21. The zero-order valence-corrected chi connectivity index (χ0v) is 5.87. The lowest BCUT2D eigenvalue weighted by Crippen LogP contribution is -2.30. The van der Waals surface area contributed by atoms with Gasteiger partial charge in [-0.3, -0.25) is 0 Å². The minimum atomic E-state index is 0.380. The molecule has 0 saturated carbocycles. The molecular weight excluding hydrogens is 120 g/mol. The maximum absolute atomic E-state index is 5.71. The van der Waals surface area contributed by atoms with Crippen molar-refractivity contribution in [3.8, 4) is 0 Å². The summed E-state index contributed by atoms with van der Waals surface area (Å²) in [6.07, 6.45) is 2.11. The molecule has 0 aromatic rings. The molecule has 1 aliphatic heterocycles. The van der Waals surface area contributed by atoms with Crippen molar-refractivity contribution in [3.05, 3.63) is 0 Å². The van der Waals surface area contributed by atoms with Gasteiger partial charge in [0.05, 0.1) is 0 Å². The van der Waals surface area contributed by atoms with Crippen molar-refractivity contribution in [2.45, 2.75) is 11.3 Å². The molecule has 0 spiro atoms. The largest absolute Gasteiger partial charge is 0.326 e. The Balaban J connectivity index is 2.30. The number of hydrogen-bond acceptors (Lipinski definition) is 3. The van der Waals surface area contributed by atoms with E-state index in [-0.39, 0.29) is 0 Å². The van der Waals surface area contributed by atoms with E-state index in [2.05, 4.69) is 11.6 Å². The van der Waals surface area contributed by atoms with Crippen LogP contribution in [0.15, 0.2) is 0 Å². The van der Waals surface area contributed by atoms with Crippen molar-refractivity contribution in [1.29, 1.82) is 0 Å². The van der Waals surface area contributed by atoms with E-state index < -0.39 is 0 Å². The van der Waals surface area contributed by atoms with Gasteiger partial charge in [0, 0.05) is 24.4 Å². The maximum atomic E-state index is 5.71. The first-order valence-electron chi connectivity index (χ1n) is 2.83. The van der Waals surface area contributed by atoms with Crippen LogP contribution in [0.3, 0.4) is 0 Å². The predicted octanol–water partition coefficient (Wildman–Crippen LogP) is -0.351. The third kappa shape index (κ3) is 1.16. The van der Waals surface area contributed by atoms with Gasteiger partial charge < -0.3 is 11.1 Å². The van der Waals surface area contributed by atoms with Gasteiger partial charge >= 0.3 is 0 Å². The van der Waals surface area contributed by atoms with Gasteiger partial charge in [0.15, 0.2) is 0 Å². The smallest absolute Gasteiger partial charge is 0.0333 e. The van der Waals surface area contributed by atoms with Crippen molar-refractivity contribution in [1.82, 2.24) is 5.32 Å². The van der Waals surface area contributed by atoms with Gasteiger partial charge in [0.2, 0.25) is 0 Å². The maximum Gasteiger partial charge on any atom is 0.0333 e. The second-order valence-electron chi connectivity index (χ2n) is 2.10. The van der Waals surface area contributed by atoms with Gasteiger partial charge in [-0.25, -0.2) is 0 Å². The highest BCUT2D eigenvalue weighted by atomic mass is 32.2. The fourth-order valence-corrected chi connectivity index (χ4v) is 1.66. The first kappa shape index (κ1) is 6.39. The van der Waals surface area contributed by atoms with Gasteiger partial charge in [-0.2, -0.15) is 11.8 Å². The van der Waals surface area contributed by atoms with Gasteiger partial charge in [-0.05, 0) is 6.26 Å². The third-order valence-electron chi connectivity index (χ3n) is 1.51. The summed E-state index contributed by atoms with van der Waals surface area (Å²) in [5, 5.41) is 3.88. The molecule has 2 atom stereocenters. The Morgan fingerprint density at radius 1 is 1.62 bits per heavy atom. The molecule has 3 N–H and O–H groups in total. The molecule has 1 aliphatic rings. The van der Waals surface area contributed by atoms with Crippen molar-refractivity contribution in [3.63, 3.8) is 0 Å². The zero-order valence-electron chi connectivity index (χ0n) is 5.05. The lowest BCUT2D eigenvalue weighted by atomic mass is 10.3. The van der Waals surface area contributed by atoms with E-state index in [4.69, 9.17) is 5.73 Å². The molecule has 0 aromatic heterocycles. The van der Waals surface area contributed by atoms with Gasteiger partial charge in [0.25, 0.3) is 0 Å². The Kier molecular flexibility index (Phi) is 2.16. The third-order valence-corrected chi connectivity index (χ3v) is 2.63. The molecule has 0 amide bonds. The summed E-state index contributed by atoms with van der Waals surface area (Å²) >= 11 is 1.85. The van der Waals surface area contributed by atoms with Gasteiger partial charge in [-0.1, -0.05) is 0 Å². The van der Waals surface area contributed by atoms with Crippen LogP contribution in [0.1, 0.15) is 0 Å². The molecule has 0 aromatic carbocycles. The quantitative estimate of drug-likeness (QED) is 0.512. The van der Waals surface area contributed by atoms with Crippen LogP contribution in [-0.4, -0.2) is 30.6 Å². The van der Waals surface area contributed by atoms with Gasteiger partial charge in [-0.15, -0.1) is 0 Å². The number of rotatable bonds is 1. The van der Waals surface area contributed by atoms with Crippen molar-refractivity contribution in [2.24, 2.45) is 5.73 Å². The van der Waals surface area contributed by atoms with Crippen LogP contribution in [-0.2, 0) is 0 Å². The van der Waals surface area contributed by atoms with Crippen molar-refractivity contribution >= 4 is 11.8 Å². The average Bonchev–Trinajstić information content (AvgIpc) is 2.14. The molecule has 1 heterocycles. The van der Waals surface area contributed by atoms with Crippen LogP contribution in [0.25, 0.3) is 0 Å². The van der Waals surface area contributed by atoms with E-state index in [1.165, 1.54) is 0 Å². The first-order valence-corrected chi connectivity index (χ1v) is 4.12. The van der Waals surface area contributed by atoms with Crippen LogP contribution in [0.2, 0.25) is 0 Å². The molecule has 48 valence electrons. The molecule has 0 bridgehead atoms. The highest BCUT2D eigenvalue weighted by Crippen LogP contribution is 2.11. The molecule has 1 fully saturated rings. The molecule has 2 unspecified atom stereocenters. The number of nitrogens with two attached hydrogens (primary N) is 1. The summed E-state index contributed by atoms with van der Waals surface area (Å²) in [7, 11) is 0. The SMILES string of the molecule is CSC1CNCC1N. The second-order valence-corrected chi connectivity index (χ2v) is 3.17. The molecule has 2 nitrogen and oxygen atoms in total. The number of thioether (sulfide) groups is 1. The van der Waals surface area contributed by atoms with E-state index >= 15 is 0 Å². The van der Waals surface area contributed by atoms with E-state index in [9.17, 15) is 0 Å². The Hall–Kier alpha value is 0.270. The summed E-state index contributed by atoms with van der Waals surface area (Å²) in [6, 6.07) is 0.380. The lowest BCUT2D eigenvalue weighted by molar-refractivity contribution is 0.752. The van der Waals surface area contributed by atoms with Crippen LogP contribution in [0.5, 0.6) is 0 Å². The number of nitrogens with one attached hydrogen (secondary N) is 1. The summed E-state index contributed by atoms with van der Waals surface area (Å²) in [6.45, 7) is 2.08. The van der Waals surface area contributed by atoms with Gasteiger partial charge in [0.1, 0.15) is 0 Å². The normalized spacial score (nSPS) is 38.2. The fraction of sp³-hybridized carbons (Fsp3) is 1.00. The van der Waals surface area contributed by atoms with E-state index in [0.29, 0.717) is 11.3 Å². The Morgan fingerprint density at radius 3 is 2.62 bits per heavy atom. The molecule has 1 saturated heterocycles. The highest BCUT2D eigenvalue weighted by molar-refractivity contribution is 7.99. The second kappa shape index (κ2) is 2.71. The van der Waals surface area contributed by atoms with E-state index in [1.54, 1.807) is 0 Å². The molecule has 0 aliphatic carbocycles. The average molecular weight is 132 g/mol. The molecule has 3 heteroatoms. The van der Waals surface area contributed by atoms with Crippen LogP contribution < -0.4 is 11.1 Å². The van der Waals surface area contributed by atoms with E-state index in [0.717, 1.165) is 13.1 Å². The minimum Gasteiger partial charge on any atom is -0.326 e. The van der Waals surface area contributed by atoms with Crippen LogP contribution in [0, 0.1) is 0 Å². The topological polar surface area (TPSA) is 38.0 Å². The predicted molar refractivity (Wildman–Crippen MR) is 38.1 cm³/mol. The molecule has 0 radical (unpaired) electrons. The zero-order chi connectivity index (χ0) is 5.98. The first-order chi connectivity index (χ1) is 3.84. The monoisotopic (exact) mass is 132 g/mol. The van der Waals surface area contributed by atoms with Crippen molar-refractivity contribution in [2.75, 3.05) is 19.3 Å². The minimum absolute atomic E-state index is 0.380. The number of hydrogen-bond donors (Lipinski definition) is 2. The summed E-state index contributed by atoms with van der Waals surface area (Å²) in [5.74, 6) is 0. The van der Waals surface area contributed by atoms with E-state index in [1.807, 2.05) is 11.8 Å². The molecule has 8 heavy (non-hydrogen) atoms. The molecule has 1 rings (SSSR count). The summed E-state index contributed by atoms with van der Waals surface area (Å²) in [5.41, 5.74) is 5.71. The van der Waals surface area contributed by atoms with Crippen molar-refractivity contribution < 1.29 is 0 Å². The summed E-state index contributed by atoms with van der Waals surface area (Å²) < 4.78 is 0. The lowest BCUT2D eigenvalue weighted by Gasteiger charge is -2.08. The Morgan fingerprint density at radius 2 is 2.38 bits per heavy atom. The summed E-state index contributed by atoms with van der Waals surface area (Å²) in [4.78, 5) is 0. The van der Waals surface area contributed by atoms with Crippen LogP contribution in [0.4, 0.5) is 0 Å². The standard InChI is InChI=1S/C5H12N2S/c1-8-5-3-7-2-4(5)6/h4-5,7H,2-3,6H2,1H3. The fourth-order valence-electron chi connectivity index (χ4n) is 0.933. The van der Waals surface area contributed by atoms with Crippen LogP contribution >= 0.6 is 11.8 Å². The Labute approximate surface area is 54.2 Å².